The number of hydrogen-bond acceptors (Lipinski definition) is 0. The summed E-state index contributed by atoms with van der Waals surface area (Å²) < 4.78 is 0. The fourth-order valence-electron chi connectivity index (χ4n) is 2.04. The van der Waals surface area contributed by atoms with Crippen LogP contribution in [0.3, 0.4) is 0 Å². The molecule has 0 spiro atoms. The fourth-order valence-corrected chi connectivity index (χ4v) is 3.90. The first kappa shape index (κ1) is 19.8. The van der Waals surface area contributed by atoms with Crippen LogP contribution in [0.25, 0.3) is 0 Å². The average molecular weight is 344 g/mol. The minimum Gasteiger partial charge on any atom is -0.126 e. The van der Waals surface area contributed by atoms with Crippen molar-refractivity contribution in [3.8, 4) is 0 Å². The van der Waals surface area contributed by atoms with Crippen LogP contribution >= 0.6 is 33.2 Å². The van der Waals surface area contributed by atoms with E-state index in [2.05, 4.69) is 19.1 Å². The van der Waals surface area contributed by atoms with Crippen molar-refractivity contribution in [3.63, 3.8) is 0 Å². The zero-order chi connectivity index (χ0) is 14.4. The molecule has 0 atom stereocenters. The van der Waals surface area contributed by atoms with Crippen LogP contribution in [0.1, 0.15) is 77.6 Å². The monoisotopic (exact) mass is 342 g/mol. The maximum absolute atomic E-state index is 5.83. The van der Waals surface area contributed by atoms with E-state index >= 15 is 0 Å². The van der Waals surface area contributed by atoms with Crippen LogP contribution in [0.5, 0.6) is 0 Å². The van der Waals surface area contributed by atoms with Crippen molar-refractivity contribution in [2.24, 2.45) is 0 Å². The molecule has 0 heterocycles. The summed E-state index contributed by atoms with van der Waals surface area (Å²) in [4.78, 5) is 0. The molecule has 0 aromatic rings. The summed E-state index contributed by atoms with van der Waals surface area (Å²) in [6, 6.07) is -1.57. The van der Waals surface area contributed by atoms with Gasteiger partial charge in [0, 0.05) is 0 Å². The third kappa shape index (κ3) is 18.8. The van der Waals surface area contributed by atoms with E-state index in [0.717, 1.165) is 25.3 Å². The second-order valence-corrected chi connectivity index (χ2v) is 14.5. The van der Waals surface area contributed by atoms with Gasteiger partial charge in [0.2, 0.25) is 0 Å². The summed E-state index contributed by atoms with van der Waals surface area (Å²) in [5.74, 6) is 0. The molecule has 0 radical (unpaired) electrons. The third-order valence-electron chi connectivity index (χ3n) is 3.22. The van der Waals surface area contributed by atoms with E-state index in [1.807, 2.05) is 0 Å². The highest BCUT2D eigenvalue weighted by Crippen LogP contribution is 2.27. The summed E-state index contributed by atoms with van der Waals surface area (Å²) in [6.45, 7) is 2.26. The van der Waals surface area contributed by atoms with Crippen LogP contribution < -0.4 is 0 Å². The number of allylic oxidation sites excluding steroid dienone is 2. The number of rotatable bonds is 13. The maximum Gasteiger partial charge on any atom is 0.341 e. The van der Waals surface area contributed by atoms with Gasteiger partial charge in [-0.25, -0.2) is 0 Å². The minimum atomic E-state index is -2.36. The fraction of sp³-hybridized carbons (Fsp3) is 0.867. The lowest BCUT2D eigenvalue weighted by molar-refractivity contribution is 0.592. The van der Waals surface area contributed by atoms with Gasteiger partial charge in [0.1, 0.15) is 0 Å². The maximum atomic E-state index is 5.83. The highest BCUT2D eigenvalue weighted by molar-refractivity contribution is 7.64. The van der Waals surface area contributed by atoms with E-state index in [1.54, 1.807) is 0 Å². The van der Waals surface area contributed by atoms with E-state index in [-0.39, 0.29) is 0 Å². The van der Waals surface area contributed by atoms with Crippen LogP contribution in [0, 0.1) is 0 Å². The molecule has 0 saturated carbocycles. The van der Waals surface area contributed by atoms with Gasteiger partial charge in [0.05, 0.1) is 0 Å². The zero-order valence-electron chi connectivity index (χ0n) is 12.3. The number of halogens is 3. The Labute approximate surface area is 135 Å². The van der Waals surface area contributed by atoms with Gasteiger partial charge in [-0.1, -0.05) is 64.0 Å². The van der Waals surface area contributed by atoms with Gasteiger partial charge in [0.15, 0.2) is 0 Å². The van der Waals surface area contributed by atoms with E-state index in [1.165, 1.54) is 51.4 Å². The van der Waals surface area contributed by atoms with Gasteiger partial charge >= 0.3 is 6.00 Å². The molecular formula is C15H29Cl3Si. The van der Waals surface area contributed by atoms with Gasteiger partial charge in [-0.05, 0) is 31.7 Å². The third-order valence-corrected chi connectivity index (χ3v) is 5.84. The molecule has 0 amide bonds. The molecule has 0 nitrogen and oxygen atoms in total. The number of unbranched alkanes of at least 4 members (excludes halogenated alkanes) is 9. The number of hydrogen-bond donors (Lipinski definition) is 0. The summed E-state index contributed by atoms with van der Waals surface area (Å²) in [5, 5.41) is 0. The Kier molecular flexibility index (Phi) is 14.4. The Balaban J connectivity index is 3.13. The highest BCUT2D eigenvalue weighted by Gasteiger charge is 2.23. The molecular weight excluding hydrogens is 315 g/mol. The smallest absolute Gasteiger partial charge is 0.126 e. The van der Waals surface area contributed by atoms with Crippen LogP contribution in [0.15, 0.2) is 12.2 Å². The highest BCUT2D eigenvalue weighted by atomic mass is 35.8. The molecule has 4 heteroatoms. The topological polar surface area (TPSA) is 0 Å². The van der Waals surface area contributed by atoms with Crippen molar-refractivity contribution in [2.75, 3.05) is 0 Å². The molecule has 0 N–H and O–H groups in total. The molecule has 0 aliphatic carbocycles. The van der Waals surface area contributed by atoms with Crippen molar-refractivity contribution < 1.29 is 0 Å². The summed E-state index contributed by atoms with van der Waals surface area (Å²) >= 11 is 17.5. The van der Waals surface area contributed by atoms with E-state index in [4.69, 9.17) is 33.2 Å². The van der Waals surface area contributed by atoms with Crippen LogP contribution in [0.2, 0.25) is 6.04 Å². The zero-order valence-corrected chi connectivity index (χ0v) is 15.5. The standard InChI is InChI=1S/C15H29Cl3Si/c1-2-3-4-5-6-7-8-9-10-11-12-13-14-15-19(16,17)18/h10-11H,2-9,12-15H2,1H3. The summed E-state index contributed by atoms with van der Waals surface area (Å²) in [6.07, 6.45) is 18.9. The molecule has 114 valence electrons. The Bertz CT molecular complexity index is 212. The quantitative estimate of drug-likeness (QED) is 0.140. The van der Waals surface area contributed by atoms with Crippen molar-refractivity contribution >= 4 is 39.2 Å². The lowest BCUT2D eigenvalue weighted by Gasteiger charge is -2.05. The lowest BCUT2D eigenvalue weighted by Crippen LogP contribution is -2.07. The van der Waals surface area contributed by atoms with Crippen LogP contribution in [0.4, 0.5) is 0 Å². The largest absolute Gasteiger partial charge is 0.341 e. The molecule has 19 heavy (non-hydrogen) atoms. The second kappa shape index (κ2) is 13.8. The molecule has 0 aliphatic rings. The van der Waals surface area contributed by atoms with Gasteiger partial charge < -0.3 is 0 Å². The molecule has 0 bridgehead atoms. The van der Waals surface area contributed by atoms with Gasteiger partial charge in [0.25, 0.3) is 0 Å². The van der Waals surface area contributed by atoms with Crippen molar-refractivity contribution in [1.29, 1.82) is 0 Å². The average Bonchev–Trinajstić information content (AvgIpc) is 2.34. The van der Waals surface area contributed by atoms with Crippen LogP contribution in [-0.2, 0) is 0 Å². The van der Waals surface area contributed by atoms with Gasteiger partial charge in [-0.2, -0.15) is 0 Å². The van der Waals surface area contributed by atoms with E-state index in [0.29, 0.717) is 0 Å². The first-order valence-corrected chi connectivity index (χ1v) is 13.0. The second-order valence-electron chi connectivity index (χ2n) is 5.24. The summed E-state index contributed by atoms with van der Waals surface area (Å²) in [5.41, 5.74) is 0. The molecule has 0 aromatic heterocycles. The van der Waals surface area contributed by atoms with Crippen molar-refractivity contribution in [3.05, 3.63) is 12.2 Å². The normalized spacial score (nSPS) is 12.4. The first-order valence-electron chi connectivity index (χ1n) is 7.78. The lowest BCUT2D eigenvalue weighted by atomic mass is 10.1. The molecule has 0 aliphatic heterocycles. The molecule has 0 unspecified atom stereocenters. The Morgan fingerprint density at radius 2 is 1.16 bits per heavy atom. The van der Waals surface area contributed by atoms with Crippen molar-refractivity contribution in [1.82, 2.24) is 0 Å². The molecule has 0 aromatic carbocycles. The van der Waals surface area contributed by atoms with E-state index in [9.17, 15) is 0 Å². The predicted octanol–water partition coefficient (Wildman–Crippen LogP) is 7.51. The predicted molar refractivity (Wildman–Crippen MR) is 93.7 cm³/mol. The first-order chi connectivity index (χ1) is 9.06. The summed E-state index contributed by atoms with van der Waals surface area (Å²) in [7, 11) is 0. The molecule has 0 rings (SSSR count). The SMILES string of the molecule is CCCCCCCCCC=CCCCC[Si](Cl)(Cl)Cl. The van der Waals surface area contributed by atoms with Crippen LogP contribution in [-0.4, -0.2) is 6.00 Å². The van der Waals surface area contributed by atoms with Crippen molar-refractivity contribution in [2.45, 2.75) is 83.6 Å². The Hall–Kier alpha value is 0.827. The van der Waals surface area contributed by atoms with E-state index < -0.39 is 6.00 Å². The van der Waals surface area contributed by atoms with Gasteiger partial charge in [-0.15, -0.1) is 33.2 Å². The Morgan fingerprint density at radius 3 is 1.68 bits per heavy atom. The minimum absolute atomic E-state index is 0.795. The molecule has 0 fully saturated rings. The van der Waals surface area contributed by atoms with Gasteiger partial charge in [-0.3, -0.25) is 0 Å². The Morgan fingerprint density at radius 1 is 0.684 bits per heavy atom. The molecule has 0 saturated heterocycles.